The van der Waals surface area contributed by atoms with Crippen molar-refractivity contribution in [3.63, 3.8) is 0 Å². The number of hydrogen-bond donors (Lipinski definition) is 0. The zero-order valence-electron chi connectivity index (χ0n) is 14.5. The predicted octanol–water partition coefficient (Wildman–Crippen LogP) is 4.89. The van der Waals surface area contributed by atoms with Gasteiger partial charge in [-0.05, 0) is 25.0 Å². The number of nitrogens with zero attached hydrogens (tertiary/aromatic N) is 2. The highest BCUT2D eigenvalue weighted by molar-refractivity contribution is 7.14. The molecule has 0 bridgehead atoms. The van der Waals surface area contributed by atoms with Gasteiger partial charge in [0.25, 0.3) is 5.91 Å². The van der Waals surface area contributed by atoms with Gasteiger partial charge in [-0.15, -0.1) is 11.3 Å². The summed E-state index contributed by atoms with van der Waals surface area (Å²) in [6.07, 6.45) is 0.783. The monoisotopic (exact) mass is 366 g/mol. The number of rotatable bonds is 3. The maximum absolute atomic E-state index is 14.1. The molecule has 2 heterocycles. The van der Waals surface area contributed by atoms with E-state index in [2.05, 4.69) is 4.98 Å². The van der Waals surface area contributed by atoms with Crippen LogP contribution in [-0.2, 0) is 0 Å². The molecular formula is C21H19FN2OS. The molecule has 3 nitrogen and oxygen atoms in total. The third-order valence-electron chi connectivity index (χ3n) is 4.80. The lowest BCUT2D eigenvalue weighted by molar-refractivity contribution is 0.0796. The summed E-state index contributed by atoms with van der Waals surface area (Å²) in [4.78, 5) is 20.2. The van der Waals surface area contributed by atoms with E-state index >= 15 is 0 Å². The SMILES string of the molecule is Cc1nc(-c2ccccc2)c(C(=O)N2CC[C@H](c3ccccc3F)C2)s1. The minimum absolute atomic E-state index is 0.00621. The highest BCUT2D eigenvalue weighted by Gasteiger charge is 2.31. The molecule has 1 saturated heterocycles. The van der Waals surface area contributed by atoms with E-state index < -0.39 is 0 Å². The van der Waals surface area contributed by atoms with Crippen LogP contribution in [0.4, 0.5) is 4.39 Å². The number of carbonyl (C=O) groups excluding carboxylic acids is 1. The number of aromatic nitrogens is 1. The van der Waals surface area contributed by atoms with Crippen LogP contribution in [0.25, 0.3) is 11.3 Å². The summed E-state index contributed by atoms with van der Waals surface area (Å²) >= 11 is 1.43. The number of halogens is 1. The van der Waals surface area contributed by atoms with Gasteiger partial charge < -0.3 is 4.90 Å². The smallest absolute Gasteiger partial charge is 0.266 e. The molecule has 0 spiro atoms. The quantitative estimate of drug-likeness (QED) is 0.661. The minimum Gasteiger partial charge on any atom is -0.337 e. The van der Waals surface area contributed by atoms with Gasteiger partial charge in [0.1, 0.15) is 10.7 Å². The van der Waals surface area contributed by atoms with E-state index in [1.165, 1.54) is 17.4 Å². The molecule has 132 valence electrons. The Morgan fingerprint density at radius 2 is 1.88 bits per heavy atom. The fourth-order valence-corrected chi connectivity index (χ4v) is 4.42. The van der Waals surface area contributed by atoms with E-state index in [9.17, 15) is 9.18 Å². The van der Waals surface area contributed by atoms with Crippen LogP contribution in [0.15, 0.2) is 54.6 Å². The molecule has 26 heavy (non-hydrogen) atoms. The number of benzene rings is 2. The fourth-order valence-electron chi connectivity index (χ4n) is 3.51. The molecule has 5 heteroatoms. The lowest BCUT2D eigenvalue weighted by Gasteiger charge is -2.17. The van der Waals surface area contributed by atoms with Crippen molar-refractivity contribution in [3.8, 4) is 11.3 Å². The third-order valence-corrected chi connectivity index (χ3v) is 5.75. The van der Waals surface area contributed by atoms with Crippen LogP contribution in [0.2, 0.25) is 0 Å². The van der Waals surface area contributed by atoms with Crippen molar-refractivity contribution in [3.05, 3.63) is 75.9 Å². The van der Waals surface area contributed by atoms with Crippen LogP contribution in [-0.4, -0.2) is 28.9 Å². The Hall–Kier alpha value is -2.53. The zero-order chi connectivity index (χ0) is 18.1. The van der Waals surface area contributed by atoms with Crippen molar-refractivity contribution >= 4 is 17.2 Å². The summed E-state index contributed by atoms with van der Waals surface area (Å²) in [5, 5.41) is 0.872. The normalized spacial score (nSPS) is 16.8. The topological polar surface area (TPSA) is 33.2 Å². The van der Waals surface area contributed by atoms with Gasteiger partial charge in [-0.3, -0.25) is 4.79 Å². The molecule has 0 N–H and O–H groups in total. The molecule has 1 amide bonds. The molecule has 1 atom stereocenters. The molecule has 0 unspecified atom stereocenters. The Bertz CT molecular complexity index is 938. The molecule has 2 aromatic carbocycles. The first-order valence-electron chi connectivity index (χ1n) is 8.70. The van der Waals surface area contributed by atoms with Crippen molar-refractivity contribution in [2.45, 2.75) is 19.3 Å². The lowest BCUT2D eigenvalue weighted by Crippen LogP contribution is -2.28. The van der Waals surface area contributed by atoms with Crippen molar-refractivity contribution in [2.24, 2.45) is 0 Å². The second-order valence-corrected chi connectivity index (χ2v) is 7.74. The van der Waals surface area contributed by atoms with Crippen molar-refractivity contribution in [1.29, 1.82) is 0 Å². The Morgan fingerprint density at radius 3 is 2.65 bits per heavy atom. The standard InChI is InChI=1S/C21H19FN2OS/c1-14-23-19(15-7-3-2-4-8-15)20(26-14)21(25)24-12-11-16(13-24)17-9-5-6-10-18(17)22/h2-10,16H,11-13H2,1H3/t16-/m0/s1. The van der Waals surface area contributed by atoms with Crippen LogP contribution in [0.5, 0.6) is 0 Å². The van der Waals surface area contributed by atoms with Gasteiger partial charge in [-0.25, -0.2) is 9.37 Å². The number of carbonyl (C=O) groups is 1. The van der Waals surface area contributed by atoms with Gasteiger partial charge in [-0.2, -0.15) is 0 Å². The van der Waals surface area contributed by atoms with Crippen LogP contribution >= 0.6 is 11.3 Å². The zero-order valence-corrected chi connectivity index (χ0v) is 15.3. The average Bonchev–Trinajstić information content (AvgIpc) is 3.29. The maximum Gasteiger partial charge on any atom is 0.266 e. The van der Waals surface area contributed by atoms with E-state index in [1.54, 1.807) is 6.07 Å². The van der Waals surface area contributed by atoms with Crippen molar-refractivity contribution < 1.29 is 9.18 Å². The van der Waals surface area contributed by atoms with Gasteiger partial charge in [-0.1, -0.05) is 48.5 Å². The summed E-state index contributed by atoms with van der Waals surface area (Å²) in [7, 11) is 0. The number of aryl methyl sites for hydroxylation is 1. The lowest BCUT2D eigenvalue weighted by atomic mass is 9.98. The second-order valence-electron chi connectivity index (χ2n) is 6.53. The molecule has 1 aliphatic rings. The van der Waals surface area contributed by atoms with E-state index in [0.29, 0.717) is 23.5 Å². The maximum atomic E-state index is 14.1. The molecule has 0 aliphatic carbocycles. The summed E-state index contributed by atoms with van der Waals surface area (Å²) in [6.45, 7) is 3.11. The van der Waals surface area contributed by atoms with Gasteiger partial charge in [0.15, 0.2) is 0 Å². The van der Waals surface area contributed by atoms with Gasteiger partial charge in [0.2, 0.25) is 0 Å². The van der Waals surface area contributed by atoms with Crippen molar-refractivity contribution in [2.75, 3.05) is 13.1 Å². The molecule has 1 aliphatic heterocycles. The second kappa shape index (κ2) is 7.00. The first-order valence-corrected chi connectivity index (χ1v) is 9.51. The van der Waals surface area contributed by atoms with Crippen LogP contribution in [0.3, 0.4) is 0 Å². The van der Waals surface area contributed by atoms with Gasteiger partial charge >= 0.3 is 0 Å². The van der Waals surface area contributed by atoms with E-state index in [0.717, 1.165) is 22.7 Å². The molecule has 4 rings (SSSR count). The number of thiazole rings is 1. The first-order chi connectivity index (χ1) is 12.6. The van der Waals surface area contributed by atoms with Gasteiger partial charge in [0.05, 0.1) is 10.7 Å². The van der Waals surface area contributed by atoms with E-state index in [-0.39, 0.29) is 17.6 Å². The number of likely N-dealkylation sites (tertiary alicyclic amines) is 1. The van der Waals surface area contributed by atoms with Crippen molar-refractivity contribution in [1.82, 2.24) is 9.88 Å². The summed E-state index contributed by atoms with van der Waals surface area (Å²) < 4.78 is 14.1. The Kier molecular flexibility index (Phi) is 4.55. The number of hydrogen-bond acceptors (Lipinski definition) is 3. The van der Waals surface area contributed by atoms with Crippen LogP contribution in [0.1, 0.15) is 32.6 Å². The Labute approximate surface area is 156 Å². The van der Waals surface area contributed by atoms with Crippen LogP contribution in [0, 0.1) is 12.7 Å². The Morgan fingerprint density at radius 1 is 1.15 bits per heavy atom. The summed E-state index contributed by atoms with van der Waals surface area (Å²) in [5.74, 6) is -0.145. The largest absolute Gasteiger partial charge is 0.337 e. The molecule has 1 aromatic heterocycles. The van der Waals surface area contributed by atoms with Crippen LogP contribution < -0.4 is 0 Å². The highest BCUT2D eigenvalue weighted by atomic mass is 32.1. The average molecular weight is 366 g/mol. The summed E-state index contributed by atoms with van der Waals surface area (Å²) in [6, 6.07) is 16.6. The molecule has 0 saturated carbocycles. The molecule has 1 fully saturated rings. The Balaban J connectivity index is 1.59. The summed E-state index contributed by atoms with van der Waals surface area (Å²) in [5.41, 5.74) is 2.39. The van der Waals surface area contributed by atoms with E-state index in [1.807, 2.05) is 54.3 Å². The molecule has 3 aromatic rings. The third kappa shape index (κ3) is 3.15. The fraction of sp³-hybridized carbons (Fsp3) is 0.238. The highest BCUT2D eigenvalue weighted by Crippen LogP contribution is 2.33. The molecular weight excluding hydrogens is 347 g/mol. The molecule has 0 radical (unpaired) electrons. The van der Waals surface area contributed by atoms with Gasteiger partial charge in [0, 0.05) is 24.6 Å². The van der Waals surface area contributed by atoms with E-state index in [4.69, 9.17) is 0 Å². The first kappa shape index (κ1) is 16.9. The minimum atomic E-state index is -0.189. The predicted molar refractivity (Wildman–Crippen MR) is 102 cm³/mol. The number of amides is 1.